The number of aromatic nitrogens is 1. The topological polar surface area (TPSA) is 50.9 Å². The van der Waals surface area contributed by atoms with Crippen molar-refractivity contribution in [2.24, 2.45) is 5.92 Å². The Morgan fingerprint density at radius 3 is 2.93 bits per heavy atom. The summed E-state index contributed by atoms with van der Waals surface area (Å²) < 4.78 is 0. The number of nitrogens with one attached hydrogen (secondary N) is 1. The summed E-state index contributed by atoms with van der Waals surface area (Å²) in [5, 5.41) is 3.84. The minimum atomic E-state index is 0.484. The fraction of sp³-hybridized carbons (Fsp3) is 0.545. The van der Waals surface area contributed by atoms with Gasteiger partial charge in [-0.05, 0) is 37.3 Å². The summed E-state index contributed by atoms with van der Waals surface area (Å²) in [6.45, 7) is 2.27. The number of anilines is 2. The summed E-state index contributed by atoms with van der Waals surface area (Å²) in [6.07, 6.45) is 3.65. The highest BCUT2D eigenvalue weighted by Crippen LogP contribution is 2.29. The number of hydrogen-bond acceptors (Lipinski definition) is 3. The van der Waals surface area contributed by atoms with Gasteiger partial charge in [-0.25, -0.2) is 4.98 Å². The van der Waals surface area contributed by atoms with Crippen LogP contribution in [-0.2, 0) is 0 Å². The third-order valence-corrected chi connectivity index (χ3v) is 3.14. The second-order valence-electron chi connectivity index (χ2n) is 4.33. The molecule has 1 aromatic rings. The fourth-order valence-electron chi connectivity index (χ4n) is 2.09. The van der Waals surface area contributed by atoms with Crippen LogP contribution in [0, 0.1) is 5.92 Å². The second-order valence-corrected chi connectivity index (χ2v) is 4.72. The Morgan fingerprint density at radius 1 is 1.47 bits per heavy atom. The average Bonchev–Trinajstić information content (AvgIpc) is 2.58. The Balaban J connectivity index is 2.07. The maximum absolute atomic E-state index is 5.82. The average molecular weight is 226 g/mol. The molecule has 1 fully saturated rings. The van der Waals surface area contributed by atoms with Crippen LogP contribution in [0.1, 0.15) is 26.2 Å². The van der Waals surface area contributed by atoms with E-state index < -0.39 is 0 Å². The van der Waals surface area contributed by atoms with Gasteiger partial charge in [-0.3, -0.25) is 0 Å². The zero-order valence-electron chi connectivity index (χ0n) is 8.83. The van der Waals surface area contributed by atoms with Crippen LogP contribution in [0.4, 0.5) is 11.5 Å². The van der Waals surface area contributed by atoms with Gasteiger partial charge in [0, 0.05) is 6.04 Å². The molecule has 2 unspecified atom stereocenters. The van der Waals surface area contributed by atoms with Crippen molar-refractivity contribution >= 4 is 23.1 Å². The first-order valence-electron chi connectivity index (χ1n) is 5.33. The zero-order valence-corrected chi connectivity index (χ0v) is 9.59. The standard InChI is InChI=1S/C11H16ClN3/c1-7-2-3-8(6-7)14-11-9(13)4-5-10(12)15-11/h4-5,7-8H,2-3,6,13H2,1H3,(H,14,15). The van der Waals surface area contributed by atoms with E-state index in [0.717, 1.165) is 11.7 Å². The highest BCUT2D eigenvalue weighted by atomic mass is 35.5. The smallest absolute Gasteiger partial charge is 0.151 e. The molecule has 4 heteroatoms. The van der Waals surface area contributed by atoms with Gasteiger partial charge in [-0.1, -0.05) is 18.5 Å². The van der Waals surface area contributed by atoms with Crippen molar-refractivity contribution in [1.29, 1.82) is 0 Å². The first kappa shape index (κ1) is 10.6. The molecule has 0 bridgehead atoms. The molecular weight excluding hydrogens is 210 g/mol. The van der Waals surface area contributed by atoms with Crippen molar-refractivity contribution in [2.75, 3.05) is 11.1 Å². The molecule has 0 aliphatic heterocycles. The van der Waals surface area contributed by atoms with E-state index in [-0.39, 0.29) is 0 Å². The van der Waals surface area contributed by atoms with Crippen LogP contribution < -0.4 is 11.1 Å². The van der Waals surface area contributed by atoms with Crippen LogP contribution in [0.2, 0.25) is 5.15 Å². The normalized spacial score (nSPS) is 25.5. The molecule has 0 saturated heterocycles. The van der Waals surface area contributed by atoms with Crippen molar-refractivity contribution in [3.05, 3.63) is 17.3 Å². The monoisotopic (exact) mass is 225 g/mol. The van der Waals surface area contributed by atoms with Crippen LogP contribution in [-0.4, -0.2) is 11.0 Å². The Bertz CT molecular complexity index is 354. The molecule has 0 amide bonds. The maximum atomic E-state index is 5.82. The van der Waals surface area contributed by atoms with Gasteiger partial charge in [-0.2, -0.15) is 0 Å². The fourth-order valence-corrected chi connectivity index (χ4v) is 2.24. The molecule has 1 aliphatic rings. The van der Waals surface area contributed by atoms with Gasteiger partial charge in [0.25, 0.3) is 0 Å². The first-order chi connectivity index (χ1) is 7.15. The number of hydrogen-bond donors (Lipinski definition) is 2. The molecule has 2 atom stereocenters. The number of pyridine rings is 1. The van der Waals surface area contributed by atoms with Gasteiger partial charge in [-0.15, -0.1) is 0 Å². The van der Waals surface area contributed by atoms with Gasteiger partial charge in [0.15, 0.2) is 5.82 Å². The molecule has 1 heterocycles. The van der Waals surface area contributed by atoms with Crippen molar-refractivity contribution < 1.29 is 0 Å². The molecule has 1 saturated carbocycles. The SMILES string of the molecule is CC1CCC(Nc2nc(Cl)ccc2N)C1. The second kappa shape index (κ2) is 4.27. The third-order valence-electron chi connectivity index (χ3n) is 2.93. The summed E-state index contributed by atoms with van der Waals surface area (Å²) in [7, 11) is 0. The molecule has 2 rings (SSSR count). The molecule has 1 aromatic heterocycles. The van der Waals surface area contributed by atoms with Gasteiger partial charge >= 0.3 is 0 Å². The Morgan fingerprint density at radius 2 is 2.27 bits per heavy atom. The van der Waals surface area contributed by atoms with E-state index in [4.69, 9.17) is 17.3 Å². The molecule has 82 valence electrons. The quantitative estimate of drug-likeness (QED) is 0.761. The summed E-state index contributed by atoms with van der Waals surface area (Å²) >= 11 is 5.82. The molecule has 0 radical (unpaired) electrons. The van der Waals surface area contributed by atoms with Crippen LogP contribution >= 0.6 is 11.6 Å². The van der Waals surface area contributed by atoms with E-state index in [0.29, 0.717) is 16.9 Å². The maximum Gasteiger partial charge on any atom is 0.151 e. The lowest BCUT2D eigenvalue weighted by molar-refractivity contribution is 0.602. The lowest BCUT2D eigenvalue weighted by Crippen LogP contribution is -2.17. The van der Waals surface area contributed by atoms with Gasteiger partial charge in [0.2, 0.25) is 0 Å². The molecule has 0 aromatic carbocycles. The Labute approximate surface area is 95.0 Å². The summed E-state index contributed by atoms with van der Waals surface area (Å²) in [5.74, 6) is 1.52. The molecule has 3 N–H and O–H groups in total. The van der Waals surface area contributed by atoms with E-state index in [1.165, 1.54) is 19.3 Å². The van der Waals surface area contributed by atoms with Crippen LogP contribution in [0.5, 0.6) is 0 Å². The summed E-state index contributed by atoms with van der Waals surface area (Å²) in [6, 6.07) is 3.99. The van der Waals surface area contributed by atoms with Crippen LogP contribution in [0.15, 0.2) is 12.1 Å². The van der Waals surface area contributed by atoms with E-state index in [2.05, 4.69) is 17.2 Å². The molecular formula is C11H16ClN3. The van der Waals surface area contributed by atoms with Crippen molar-refractivity contribution in [1.82, 2.24) is 4.98 Å². The van der Waals surface area contributed by atoms with E-state index >= 15 is 0 Å². The van der Waals surface area contributed by atoms with E-state index in [1.54, 1.807) is 12.1 Å². The zero-order chi connectivity index (χ0) is 10.8. The Kier molecular flexibility index (Phi) is 3.00. The van der Waals surface area contributed by atoms with Crippen LogP contribution in [0.3, 0.4) is 0 Å². The predicted molar refractivity (Wildman–Crippen MR) is 64.1 cm³/mol. The molecule has 0 spiro atoms. The number of nitrogens with two attached hydrogens (primary N) is 1. The van der Waals surface area contributed by atoms with E-state index in [1.807, 2.05) is 0 Å². The van der Waals surface area contributed by atoms with E-state index in [9.17, 15) is 0 Å². The van der Waals surface area contributed by atoms with Crippen molar-refractivity contribution in [2.45, 2.75) is 32.2 Å². The largest absolute Gasteiger partial charge is 0.396 e. The lowest BCUT2D eigenvalue weighted by atomic mass is 10.1. The number of halogens is 1. The lowest BCUT2D eigenvalue weighted by Gasteiger charge is -2.14. The number of rotatable bonds is 2. The highest BCUT2D eigenvalue weighted by molar-refractivity contribution is 6.29. The van der Waals surface area contributed by atoms with Crippen LogP contribution in [0.25, 0.3) is 0 Å². The molecule has 1 aliphatic carbocycles. The molecule has 3 nitrogen and oxygen atoms in total. The minimum absolute atomic E-state index is 0.484. The van der Waals surface area contributed by atoms with Gasteiger partial charge in [0.05, 0.1) is 5.69 Å². The minimum Gasteiger partial charge on any atom is -0.396 e. The third kappa shape index (κ3) is 2.53. The number of nitrogen functional groups attached to an aromatic ring is 1. The number of nitrogens with zero attached hydrogens (tertiary/aromatic N) is 1. The Hall–Kier alpha value is -0.960. The first-order valence-corrected chi connectivity index (χ1v) is 5.71. The van der Waals surface area contributed by atoms with Crippen molar-refractivity contribution in [3.63, 3.8) is 0 Å². The predicted octanol–water partition coefficient (Wildman–Crippen LogP) is 2.92. The summed E-state index contributed by atoms with van der Waals surface area (Å²) in [4.78, 5) is 4.19. The summed E-state index contributed by atoms with van der Waals surface area (Å²) in [5.41, 5.74) is 6.48. The van der Waals surface area contributed by atoms with Gasteiger partial charge in [0.1, 0.15) is 5.15 Å². The molecule has 15 heavy (non-hydrogen) atoms. The highest BCUT2D eigenvalue weighted by Gasteiger charge is 2.21. The van der Waals surface area contributed by atoms with Gasteiger partial charge < -0.3 is 11.1 Å². The van der Waals surface area contributed by atoms with Crippen molar-refractivity contribution in [3.8, 4) is 0 Å².